The molecule has 194 valence electrons. The summed E-state index contributed by atoms with van der Waals surface area (Å²) in [4.78, 5) is 18.0. The van der Waals surface area contributed by atoms with Gasteiger partial charge in [-0.2, -0.15) is 14.4 Å². The number of ether oxygens (including phenoxy) is 2. The molecule has 3 aromatic rings. The molecule has 9 nitrogen and oxygen atoms in total. The SMILES string of the molecule is CC(c1ccc(-c2ccccc2)c(F)c1)c1nsc(/N=C(/N=C(\N)N2CCOCC2)N2CCOCC2)n1. The van der Waals surface area contributed by atoms with Crippen LogP contribution in [0.5, 0.6) is 0 Å². The molecule has 0 spiro atoms. The highest BCUT2D eigenvalue weighted by Crippen LogP contribution is 2.30. The summed E-state index contributed by atoms with van der Waals surface area (Å²) in [5.41, 5.74) is 8.53. The molecule has 3 heterocycles. The van der Waals surface area contributed by atoms with E-state index in [1.165, 1.54) is 11.5 Å². The predicted octanol–water partition coefficient (Wildman–Crippen LogP) is 3.46. The first-order valence-corrected chi connectivity index (χ1v) is 13.1. The molecule has 1 unspecified atom stereocenters. The van der Waals surface area contributed by atoms with E-state index in [0.29, 0.717) is 81.0 Å². The minimum atomic E-state index is -0.272. The van der Waals surface area contributed by atoms with Crippen LogP contribution in [0.15, 0.2) is 58.5 Å². The average Bonchev–Trinajstić information content (AvgIpc) is 3.42. The van der Waals surface area contributed by atoms with Crippen LogP contribution in [0.1, 0.15) is 24.2 Å². The van der Waals surface area contributed by atoms with E-state index in [-0.39, 0.29) is 11.7 Å². The first-order chi connectivity index (χ1) is 18.1. The molecule has 2 fully saturated rings. The number of hydrogen-bond donors (Lipinski definition) is 1. The number of aromatic nitrogens is 2. The second-order valence-corrected chi connectivity index (χ2v) is 9.57. The number of benzene rings is 2. The van der Waals surface area contributed by atoms with Gasteiger partial charge in [-0.1, -0.05) is 49.4 Å². The zero-order valence-corrected chi connectivity index (χ0v) is 21.5. The second kappa shape index (κ2) is 11.8. The molecule has 0 amide bonds. The fourth-order valence-electron chi connectivity index (χ4n) is 4.23. The summed E-state index contributed by atoms with van der Waals surface area (Å²) in [7, 11) is 0. The van der Waals surface area contributed by atoms with Gasteiger partial charge in [0.25, 0.3) is 0 Å². The van der Waals surface area contributed by atoms with Crippen molar-refractivity contribution in [2.24, 2.45) is 15.7 Å². The van der Waals surface area contributed by atoms with E-state index in [2.05, 4.69) is 14.3 Å². The van der Waals surface area contributed by atoms with Crippen LogP contribution >= 0.6 is 11.5 Å². The van der Waals surface area contributed by atoms with Crippen LogP contribution in [0.3, 0.4) is 0 Å². The van der Waals surface area contributed by atoms with Crippen molar-refractivity contribution in [3.05, 3.63) is 65.7 Å². The van der Waals surface area contributed by atoms with Crippen LogP contribution in [0.25, 0.3) is 11.1 Å². The van der Waals surface area contributed by atoms with Crippen LogP contribution in [0.2, 0.25) is 0 Å². The fourth-order valence-corrected chi connectivity index (χ4v) is 4.86. The third kappa shape index (κ3) is 6.12. The van der Waals surface area contributed by atoms with Gasteiger partial charge < -0.3 is 25.0 Å². The lowest BCUT2D eigenvalue weighted by atomic mass is 9.96. The molecular weight excluding hydrogens is 493 g/mol. The summed E-state index contributed by atoms with van der Waals surface area (Å²) in [5, 5.41) is 0.475. The first-order valence-electron chi connectivity index (χ1n) is 12.3. The van der Waals surface area contributed by atoms with Crippen molar-refractivity contribution < 1.29 is 13.9 Å². The topological polar surface area (TPSA) is 101 Å². The molecule has 0 bridgehead atoms. The van der Waals surface area contributed by atoms with Gasteiger partial charge >= 0.3 is 0 Å². The maximum absolute atomic E-state index is 15.0. The van der Waals surface area contributed by atoms with Gasteiger partial charge in [-0.3, -0.25) is 0 Å². The largest absolute Gasteiger partial charge is 0.378 e. The van der Waals surface area contributed by atoms with E-state index in [1.54, 1.807) is 6.07 Å². The maximum Gasteiger partial charge on any atom is 0.232 e. The van der Waals surface area contributed by atoms with Crippen molar-refractivity contribution in [3.63, 3.8) is 0 Å². The molecule has 2 aromatic carbocycles. The number of hydrogen-bond acceptors (Lipinski definition) is 6. The number of rotatable bonds is 4. The Kier molecular flexibility index (Phi) is 8.02. The highest BCUT2D eigenvalue weighted by Gasteiger charge is 2.21. The summed E-state index contributed by atoms with van der Waals surface area (Å²) in [6.07, 6.45) is 0. The zero-order valence-electron chi connectivity index (χ0n) is 20.7. The molecule has 5 rings (SSSR count). The molecule has 0 aliphatic carbocycles. The standard InChI is InChI=1S/C26H30FN7O2S/c1-18(20-7-8-21(22(27)17-20)19-5-3-2-4-6-19)23-29-26(37-32-23)31-25(34-11-15-36-16-12-34)30-24(28)33-9-13-35-14-10-33/h2-8,17-18H,9-16H2,1H3,(H2,28,29,30,31,32). The number of morpholine rings is 2. The zero-order chi connectivity index (χ0) is 25.6. The van der Waals surface area contributed by atoms with Crippen molar-refractivity contribution >= 4 is 28.6 Å². The molecule has 2 N–H and O–H groups in total. The number of nitrogens with two attached hydrogens (primary N) is 1. The molecule has 2 aliphatic heterocycles. The molecule has 2 aliphatic rings. The fraction of sp³-hybridized carbons (Fsp3) is 0.385. The third-order valence-electron chi connectivity index (χ3n) is 6.44. The van der Waals surface area contributed by atoms with Crippen LogP contribution in [0, 0.1) is 5.82 Å². The predicted molar refractivity (Wildman–Crippen MR) is 143 cm³/mol. The summed E-state index contributed by atoms with van der Waals surface area (Å²) in [5.74, 6) is 1.00. The van der Waals surface area contributed by atoms with E-state index >= 15 is 0 Å². The normalized spacial score (nSPS) is 18.2. The summed E-state index contributed by atoms with van der Waals surface area (Å²) < 4.78 is 30.4. The minimum Gasteiger partial charge on any atom is -0.378 e. The Bertz CT molecular complexity index is 1250. The van der Waals surface area contributed by atoms with Crippen molar-refractivity contribution in [1.29, 1.82) is 0 Å². The van der Waals surface area contributed by atoms with Gasteiger partial charge in [0.1, 0.15) is 5.82 Å². The van der Waals surface area contributed by atoms with E-state index in [1.807, 2.05) is 59.2 Å². The Labute approximate surface area is 219 Å². The van der Waals surface area contributed by atoms with Crippen molar-refractivity contribution in [2.75, 3.05) is 52.6 Å². The van der Waals surface area contributed by atoms with E-state index in [4.69, 9.17) is 20.2 Å². The van der Waals surface area contributed by atoms with Gasteiger partial charge in [-0.15, -0.1) is 0 Å². The Morgan fingerprint density at radius 2 is 1.68 bits per heavy atom. The Morgan fingerprint density at radius 3 is 2.35 bits per heavy atom. The molecule has 37 heavy (non-hydrogen) atoms. The molecule has 1 atom stereocenters. The molecule has 1 aromatic heterocycles. The summed E-state index contributed by atoms with van der Waals surface area (Å²) >= 11 is 1.19. The van der Waals surface area contributed by atoms with Crippen LogP contribution in [-0.4, -0.2) is 83.7 Å². The Morgan fingerprint density at radius 1 is 1.00 bits per heavy atom. The van der Waals surface area contributed by atoms with Gasteiger partial charge in [0, 0.05) is 49.2 Å². The molecule has 0 saturated carbocycles. The van der Waals surface area contributed by atoms with Gasteiger partial charge in [-0.25, -0.2) is 9.37 Å². The van der Waals surface area contributed by atoms with Gasteiger partial charge in [0.15, 0.2) is 11.8 Å². The highest BCUT2D eigenvalue weighted by molar-refractivity contribution is 7.09. The van der Waals surface area contributed by atoms with Crippen molar-refractivity contribution in [2.45, 2.75) is 12.8 Å². The molecule has 0 radical (unpaired) electrons. The van der Waals surface area contributed by atoms with Crippen LogP contribution < -0.4 is 5.73 Å². The van der Waals surface area contributed by atoms with Gasteiger partial charge in [0.05, 0.1) is 26.4 Å². The number of aliphatic imine (C=N–C) groups is 2. The number of guanidine groups is 2. The van der Waals surface area contributed by atoms with Gasteiger partial charge in [-0.05, 0) is 17.2 Å². The van der Waals surface area contributed by atoms with E-state index < -0.39 is 0 Å². The second-order valence-electron chi connectivity index (χ2n) is 8.84. The van der Waals surface area contributed by atoms with E-state index in [0.717, 1.165) is 11.1 Å². The monoisotopic (exact) mass is 523 g/mol. The number of nitrogens with zero attached hydrogens (tertiary/aromatic N) is 6. The van der Waals surface area contributed by atoms with Crippen molar-refractivity contribution in [3.8, 4) is 11.1 Å². The molecule has 2 saturated heterocycles. The lowest BCUT2D eigenvalue weighted by molar-refractivity contribution is 0.0658. The average molecular weight is 524 g/mol. The third-order valence-corrected chi connectivity index (χ3v) is 7.06. The lowest BCUT2D eigenvalue weighted by Crippen LogP contribution is -2.47. The minimum absolute atomic E-state index is 0.201. The summed E-state index contributed by atoms with van der Waals surface area (Å²) in [6, 6.07) is 14.8. The van der Waals surface area contributed by atoms with E-state index in [9.17, 15) is 4.39 Å². The summed E-state index contributed by atoms with van der Waals surface area (Å²) in [6.45, 7) is 7.07. The quantitative estimate of drug-likeness (QED) is 0.413. The Hall–Kier alpha value is -3.41. The molecule has 11 heteroatoms. The number of halogens is 1. The Balaban J connectivity index is 1.38. The van der Waals surface area contributed by atoms with Gasteiger partial charge in [0.2, 0.25) is 11.1 Å². The first kappa shape index (κ1) is 25.2. The van der Waals surface area contributed by atoms with Crippen molar-refractivity contribution in [1.82, 2.24) is 19.2 Å². The lowest BCUT2D eigenvalue weighted by Gasteiger charge is -2.30. The van der Waals surface area contributed by atoms with Crippen LogP contribution in [0.4, 0.5) is 9.52 Å². The maximum atomic E-state index is 15.0. The molecular formula is C26H30FN7O2S. The smallest absolute Gasteiger partial charge is 0.232 e. The van der Waals surface area contributed by atoms with Crippen LogP contribution in [-0.2, 0) is 9.47 Å². The highest BCUT2D eigenvalue weighted by atomic mass is 32.1.